The lowest BCUT2D eigenvalue weighted by atomic mass is 9.93. The zero-order chi connectivity index (χ0) is 28.8. The second-order valence-corrected chi connectivity index (χ2v) is 10.6. The molecule has 0 unspecified atom stereocenters. The Kier molecular flexibility index (Phi) is 8.95. The van der Waals surface area contributed by atoms with Crippen molar-refractivity contribution in [1.29, 1.82) is 0 Å². The third-order valence-electron chi connectivity index (χ3n) is 7.15. The smallest absolute Gasteiger partial charge is 0.317 e. The van der Waals surface area contributed by atoms with Crippen molar-refractivity contribution in [3.05, 3.63) is 71.7 Å². The van der Waals surface area contributed by atoms with Gasteiger partial charge < -0.3 is 15.2 Å². The number of anilines is 1. The summed E-state index contributed by atoms with van der Waals surface area (Å²) in [5, 5.41) is 21.2. The molecular formula is C30H36N8O3. The second-order valence-electron chi connectivity index (χ2n) is 10.6. The Morgan fingerprint density at radius 3 is 2.61 bits per heavy atom. The van der Waals surface area contributed by atoms with Crippen molar-refractivity contribution in [2.75, 3.05) is 38.7 Å². The second kappa shape index (κ2) is 13.0. The lowest BCUT2D eigenvalue weighted by molar-refractivity contribution is -0.138. The minimum atomic E-state index is -0.780. The predicted molar refractivity (Wildman–Crippen MR) is 156 cm³/mol. The van der Waals surface area contributed by atoms with E-state index in [1.54, 1.807) is 11.8 Å². The first-order valence-corrected chi connectivity index (χ1v) is 13.9. The summed E-state index contributed by atoms with van der Waals surface area (Å²) in [5.74, 6) is 0.0397. The molecule has 0 aliphatic carbocycles. The number of nitrogens with one attached hydrogen (secondary N) is 1. The number of carbonyl (C=O) groups is 1. The van der Waals surface area contributed by atoms with E-state index in [1.807, 2.05) is 48.4 Å². The van der Waals surface area contributed by atoms with Gasteiger partial charge in [-0.05, 0) is 64.0 Å². The average molecular weight is 557 g/mol. The number of aromatic nitrogens is 6. The fraction of sp³-hybridized carbons (Fsp3) is 0.400. The van der Waals surface area contributed by atoms with Crippen LogP contribution in [0.5, 0.6) is 0 Å². The lowest BCUT2D eigenvalue weighted by Gasteiger charge is -2.30. The predicted octanol–water partition coefficient (Wildman–Crippen LogP) is 3.86. The van der Waals surface area contributed by atoms with E-state index >= 15 is 0 Å². The monoisotopic (exact) mass is 556 g/mol. The van der Waals surface area contributed by atoms with E-state index in [2.05, 4.69) is 40.8 Å². The number of pyridine rings is 1. The Labute approximate surface area is 239 Å². The van der Waals surface area contributed by atoms with Gasteiger partial charge in [-0.15, -0.1) is 5.10 Å². The lowest BCUT2D eigenvalue weighted by Crippen LogP contribution is -2.36. The van der Waals surface area contributed by atoms with Gasteiger partial charge in [-0.2, -0.15) is 0 Å². The van der Waals surface area contributed by atoms with Gasteiger partial charge in [0.15, 0.2) is 0 Å². The van der Waals surface area contributed by atoms with Crippen LogP contribution in [-0.4, -0.2) is 85.3 Å². The van der Waals surface area contributed by atoms with Gasteiger partial charge in [0.05, 0.1) is 43.0 Å². The molecule has 1 aliphatic heterocycles. The van der Waals surface area contributed by atoms with E-state index in [0.29, 0.717) is 36.4 Å². The number of benzene rings is 1. The highest BCUT2D eigenvalue weighted by molar-refractivity contribution is 5.69. The molecule has 11 nitrogen and oxygen atoms in total. The van der Waals surface area contributed by atoms with E-state index in [0.717, 1.165) is 54.1 Å². The minimum Gasteiger partial charge on any atom is -0.480 e. The molecule has 0 spiro atoms. The van der Waals surface area contributed by atoms with Crippen molar-refractivity contribution in [1.82, 2.24) is 34.8 Å². The third kappa shape index (κ3) is 7.50. The van der Waals surface area contributed by atoms with Gasteiger partial charge in [-0.25, -0.2) is 14.6 Å². The molecule has 214 valence electrons. The number of carboxylic acids is 1. The van der Waals surface area contributed by atoms with Crippen LogP contribution >= 0.6 is 0 Å². The Balaban J connectivity index is 1.34. The summed E-state index contributed by atoms with van der Waals surface area (Å²) in [5.41, 5.74) is 6.19. The van der Waals surface area contributed by atoms with Crippen molar-refractivity contribution in [3.8, 4) is 22.6 Å². The Morgan fingerprint density at radius 1 is 1.07 bits per heavy atom. The van der Waals surface area contributed by atoms with Gasteiger partial charge in [0.25, 0.3) is 0 Å². The van der Waals surface area contributed by atoms with Crippen LogP contribution in [0, 0.1) is 6.92 Å². The quantitative estimate of drug-likeness (QED) is 0.281. The van der Waals surface area contributed by atoms with Gasteiger partial charge in [0.2, 0.25) is 5.95 Å². The minimum absolute atomic E-state index is 0.0269. The van der Waals surface area contributed by atoms with Crippen LogP contribution in [0.1, 0.15) is 42.6 Å². The van der Waals surface area contributed by atoms with E-state index in [-0.39, 0.29) is 12.6 Å². The molecule has 1 saturated heterocycles. The number of likely N-dealkylation sites (tertiary alicyclic amines) is 1. The van der Waals surface area contributed by atoms with Crippen molar-refractivity contribution in [2.24, 2.45) is 0 Å². The molecule has 3 aromatic heterocycles. The molecule has 1 aromatic carbocycles. The summed E-state index contributed by atoms with van der Waals surface area (Å²) < 4.78 is 7.04. The first kappa shape index (κ1) is 28.3. The van der Waals surface area contributed by atoms with Crippen LogP contribution < -0.4 is 5.32 Å². The van der Waals surface area contributed by atoms with Crippen molar-refractivity contribution in [2.45, 2.75) is 45.2 Å². The Morgan fingerprint density at radius 2 is 1.85 bits per heavy atom. The van der Waals surface area contributed by atoms with E-state index in [4.69, 9.17) is 24.8 Å². The highest BCUT2D eigenvalue weighted by Crippen LogP contribution is 2.27. The molecule has 1 atom stereocenters. The molecule has 0 radical (unpaired) electrons. The van der Waals surface area contributed by atoms with Crippen LogP contribution in [0.15, 0.2) is 54.7 Å². The number of aryl methyl sites for hydroxylation is 1. The SMILES string of the molecule is COC[C@@H](C)Nc1nc(-c2cccc(C)c2)cc(-c2cn(Cc3cccc(C4CCN(CC(=O)O)CC4)n3)nn2)n1. The van der Waals surface area contributed by atoms with E-state index in [9.17, 15) is 4.79 Å². The molecule has 41 heavy (non-hydrogen) atoms. The van der Waals surface area contributed by atoms with E-state index < -0.39 is 5.97 Å². The topological polar surface area (TPSA) is 131 Å². The summed E-state index contributed by atoms with van der Waals surface area (Å²) in [6, 6.07) is 16.2. The molecule has 5 rings (SSSR count). The van der Waals surface area contributed by atoms with Crippen molar-refractivity contribution < 1.29 is 14.6 Å². The first-order valence-electron chi connectivity index (χ1n) is 13.9. The number of ether oxygens (including phenoxy) is 1. The highest BCUT2D eigenvalue weighted by atomic mass is 16.5. The van der Waals surface area contributed by atoms with Gasteiger partial charge in [-0.3, -0.25) is 14.7 Å². The summed E-state index contributed by atoms with van der Waals surface area (Å²) in [6.07, 6.45) is 3.67. The molecule has 0 bridgehead atoms. The van der Waals surface area contributed by atoms with Crippen LogP contribution in [0.3, 0.4) is 0 Å². The van der Waals surface area contributed by atoms with Crippen LogP contribution in [0.4, 0.5) is 5.95 Å². The standard InChI is InChI=1S/C30H36N8O3/c1-20-6-4-7-23(14-20)26-15-27(34-30(33-26)31-21(2)19-41-3)28-17-38(36-35-28)16-24-8-5-9-25(32-24)22-10-12-37(13-11-22)18-29(39)40/h4-9,14-15,17,21-22H,10-13,16,18-19H2,1-3H3,(H,39,40)(H,31,33,34)/t21-/m1/s1. The maximum absolute atomic E-state index is 11.0. The molecule has 0 saturated carbocycles. The molecule has 1 aliphatic rings. The van der Waals surface area contributed by atoms with Gasteiger partial charge in [0.1, 0.15) is 5.69 Å². The molecule has 11 heteroatoms. The summed E-state index contributed by atoms with van der Waals surface area (Å²) in [4.78, 5) is 27.4. The van der Waals surface area contributed by atoms with Crippen LogP contribution in [-0.2, 0) is 16.1 Å². The summed E-state index contributed by atoms with van der Waals surface area (Å²) >= 11 is 0. The number of piperidine rings is 1. The fourth-order valence-corrected chi connectivity index (χ4v) is 5.16. The number of hydrogen-bond donors (Lipinski definition) is 2. The maximum atomic E-state index is 11.0. The van der Waals surface area contributed by atoms with Gasteiger partial charge in [0, 0.05) is 30.3 Å². The fourth-order valence-electron chi connectivity index (χ4n) is 5.16. The van der Waals surface area contributed by atoms with Crippen LogP contribution in [0.2, 0.25) is 0 Å². The molecule has 0 amide bonds. The Hall–Kier alpha value is -4.22. The highest BCUT2D eigenvalue weighted by Gasteiger charge is 2.23. The maximum Gasteiger partial charge on any atom is 0.317 e. The molecule has 2 N–H and O–H groups in total. The third-order valence-corrected chi connectivity index (χ3v) is 7.15. The zero-order valence-electron chi connectivity index (χ0n) is 23.7. The molecule has 1 fully saturated rings. The number of methoxy groups -OCH3 is 1. The average Bonchev–Trinajstić information content (AvgIpc) is 3.42. The number of rotatable bonds is 11. The number of nitrogens with zero attached hydrogens (tertiary/aromatic N) is 7. The Bertz CT molecular complexity index is 1480. The zero-order valence-corrected chi connectivity index (χ0v) is 23.7. The summed E-state index contributed by atoms with van der Waals surface area (Å²) in [6.45, 7) is 6.70. The molecule has 4 heterocycles. The van der Waals surface area contributed by atoms with Crippen LogP contribution in [0.25, 0.3) is 22.6 Å². The number of hydrogen-bond acceptors (Lipinski definition) is 9. The number of carboxylic acid groups (broad SMARTS) is 1. The largest absolute Gasteiger partial charge is 0.480 e. The molecular weight excluding hydrogens is 520 g/mol. The normalized spacial score (nSPS) is 15.1. The van der Waals surface area contributed by atoms with Gasteiger partial charge >= 0.3 is 5.97 Å². The summed E-state index contributed by atoms with van der Waals surface area (Å²) in [7, 11) is 1.67. The molecule has 4 aromatic rings. The van der Waals surface area contributed by atoms with E-state index in [1.165, 1.54) is 0 Å². The van der Waals surface area contributed by atoms with Gasteiger partial charge in [-0.1, -0.05) is 35.0 Å². The van der Waals surface area contributed by atoms with Crippen molar-refractivity contribution >= 4 is 11.9 Å². The first-order chi connectivity index (χ1) is 19.9. The van der Waals surface area contributed by atoms with Crippen molar-refractivity contribution in [3.63, 3.8) is 0 Å². The number of aliphatic carboxylic acids is 1.